The molecule has 0 unspecified atom stereocenters. The van der Waals surface area contributed by atoms with E-state index in [1.165, 1.54) is 7.11 Å². The van der Waals surface area contributed by atoms with Crippen LogP contribution in [-0.4, -0.2) is 29.1 Å². The van der Waals surface area contributed by atoms with Crippen LogP contribution in [0.5, 0.6) is 0 Å². The number of H-pyrrole nitrogens is 1. The minimum atomic E-state index is -0.760. The number of ether oxygens (including phenoxy) is 1. The van der Waals surface area contributed by atoms with Crippen molar-refractivity contribution in [2.75, 3.05) is 7.11 Å². The van der Waals surface area contributed by atoms with Crippen LogP contribution in [0.4, 0.5) is 0 Å². The third-order valence-corrected chi connectivity index (χ3v) is 4.60. The molecule has 2 heterocycles. The zero-order valence-electron chi connectivity index (χ0n) is 15.4. The normalized spacial score (nSPS) is 13.1. The molecule has 2 aromatic carbocycles. The fraction of sp³-hybridized carbons (Fsp3) is 0.190. The van der Waals surface area contributed by atoms with Gasteiger partial charge < -0.3 is 19.9 Å². The molecule has 0 bridgehead atoms. The summed E-state index contributed by atoms with van der Waals surface area (Å²) in [5, 5.41) is 1.76. The Hall–Kier alpha value is -3.45. The Kier molecular flexibility index (Phi) is 4.90. The van der Waals surface area contributed by atoms with Crippen LogP contribution in [-0.2, 0) is 22.5 Å². The zero-order valence-corrected chi connectivity index (χ0v) is 15.4. The Balaban J connectivity index is 1.83. The van der Waals surface area contributed by atoms with E-state index in [-0.39, 0.29) is 6.54 Å². The van der Waals surface area contributed by atoms with Gasteiger partial charge in [-0.1, -0.05) is 30.3 Å². The lowest BCUT2D eigenvalue weighted by molar-refractivity contribution is -0.142. The molecule has 2 aromatic heterocycles. The molecule has 0 spiro atoms. The van der Waals surface area contributed by atoms with Gasteiger partial charge in [-0.25, -0.2) is 14.8 Å². The molecule has 0 saturated carbocycles. The van der Waals surface area contributed by atoms with Crippen LogP contribution in [0.3, 0.4) is 0 Å². The molecule has 7 heteroatoms. The van der Waals surface area contributed by atoms with Gasteiger partial charge in [-0.05, 0) is 23.8 Å². The zero-order chi connectivity index (χ0) is 19.5. The summed E-state index contributed by atoms with van der Waals surface area (Å²) < 4.78 is 10.7. The fourth-order valence-corrected chi connectivity index (χ4v) is 3.23. The minimum Gasteiger partial charge on any atom is -0.467 e. The van der Waals surface area contributed by atoms with E-state index in [2.05, 4.69) is 15.0 Å². The smallest absolute Gasteiger partial charge is 0.331 e. The number of aromatic amines is 1. The van der Waals surface area contributed by atoms with E-state index in [1.54, 1.807) is 0 Å². The van der Waals surface area contributed by atoms with Crippen molar-refractivity contribution >= 4 is 27.8 Å². The first-order chi connectivity index (χ1) is 13.7. The molecule has 0 fully saturated rings. The van der Waals surface area contributed by atoms with Gasteiger partial charge in [0.1, 0.15) is 0 Å². The van der Waals surface area contributed by atoms with Crippen LogP contribution in [0.25, 0.3) is 21.8 Å². The molecule has 28 heavy (non-hydrogen) atoms. The molecule has 0 aliphatic heterocycles. The predicted molar refractivity (Wildman–Crippen MR) is 105 cm³/mol. The van der Waals surface area contributed by atoms with Gasteiger partial charge in [-0.3, -0.25) is 0 Å². The summed E-state index contributed by atoms with van der Waals surface area (Å²) in [6.07, 6.45) is 2.27. The summed E-state index contributed by atoms with van der Waals surface area (Å²) in [6, 6.07) is 14.6. The van der Waals surface area contributed by atoms with Crippen molar-refractivity contribution in [3.8, 4) is 0 Å². The van der Waals surface area contributed by atoms with E-state index in [0.29, 0.717) is 28.8 Å². The molecule has 0 saturated heterocycles. The lowest BCUT2D eigenvalue weighted by Crippen LogP contribution is -2.26. The molecule has 1 atom stereocenters. The largest absolute Gasteiger partial charge is 0.467 e. The number of esters is 1. The number of nitrogens with zero attached hydrogens (tertiary/aromatic N) is 2. The average molecular weight is 376 g/mol. The summed E-state index contributed by atoms with van der Waals surface area (Å²) in [5.74, 6) is -0.0798. The van der Waals surface area contributed by atoms with Crippen LogP contribution in [0.2, 0.25) is 0 Å². The molecule has 4 aromatic rings. The number of nitrogens with two attached hydrogens (primary N) is 1. The van der Waals surface area contributed by atoms with Crippen molar-refractivity contribution in [3.05, 3.63) is 71.7 Å². The second kappa shape index (κ2) is 7.66. The monoisotopic (exact) mass is 376 g/mol. The van der Waals surface area contributed by atoms with Gasteiger partial charge in [0.25, 0.3) is 0 Å². The molecule has 0 aliphatic rings. The quantitative estimate of drug-likeness (QED) is 0.520. The second-order valence-corrected chi connectivity index (χ2v) is 6.37. The van der Waals surface area contributed by atoms with Crippen molar-refractivity contribution in [1.29, 1.82) is 0 Å². The summed E-state index contributed by atoms with van der Waals surface area (Å²) in [7, 11) is 1.35. The summed E-state index contributed by atoms with van der Waals surface area (Å²) in [5.41, 5.74) is 8.72. The van der Waals surface area contributed by atoms with Gasteiger partial charge in [-0.15, -0.1) is 0 Å². The first-order valence-corrected chi connectivity index (χ1v) is 8.95. The lowest BCUT2D eigenvalue weighted by atomic mass is 10.1. The summed E-state index contributed by atoms with van der Waals surface area (Å²) in [6.45, 7) is 0.138. The van der Waals surface area contributed by atoms with E-state index in [0.717, 1.165) is 16.5 Å². The van der Waals surface area contributed by atoms with Crippen LogP contribution in [0, 0.1) is 0 Å². The van der Waals surface area contributed by atoms with Crippen molar-refractivity contribution < 1.29 is 13.9 Å². The van der Waals surface area contributed by atoms with Crippen molar-refractivity contribution in [2.24, 2.45) is 10.7 Å². The molecule has 0 radical (unpaired) electrons. The Morgan fingerprint density at radius 3 is 2.75 bits per heavy atom. The lowest BCUT2D eigenvalue weighted by Gasteiger charge is -2.10. The number of para-hydroxylation sites is 2. The van der Waals surface area contributed by atoms with Crippen LogP contribution < -0.4 is 11.3 Å². The van der Waals surface area contributed by atoms with Crippen LogP contribution in [0.15, 0.2) is 64.1 Å². The number of benzene rings is 2. The van der Waals surface area contributed by atoms with E-state index >= 15 is 0 Å². The first kappa shape index (κ1) is 17.9. The molecule has 4 rings (SSSR count). The molecule has 7 nitrogen and oxygen atoms in total. The Labute approximate surface area is 160 Å². The van der Waals surface area contributed by atoms with Gasteiger partial charge >= 0.3 is 5.97 Å². The van der Waals surface area contributed by atoms with Gasteiger partial charge in [0.15, 0.2) is 6.04 Å². The van der Waals surface area contributed by atoms with Crippen LogP contribution >= 0.6 is 0 Å². The maximum absolute atomic E-state index is 12.5. The van der Waals surface area contributed by atoms with E-state index < -0.39 is 12.0 Å². The van der Waals surface area contributed by atoms with E-state index in [9.17, 15) is 4.79 Å². The van der Waals surface area contributed by atoms with Crippen molar-refractivity contribution in [2.45, 2.75) is 19.0 Å². The molecular weight excluding hydrogens is 356 g/mol. The summed E-state index contributed by atoms with van der Waals surface area (Å²) in [4.78, 5) is 24.6. The Morgan fingerprint density at radius 2 is 1.96 bits per heavy atom. The molecular formula is C21H20N4O3. The standard InChI is InChI=1S/C21H20N4O3/c1-27-21(26)18(10-13-12-23-16-8-4-2-6-14(13)16)25-20-15-7-3-5-9-17(15)24-19(11-22)28-20/h2-9,12,18,23H,10-11,22H2,1H3/t18-/m1/s1. The van der Waals surface area contributed by atoms with Crippen molar-refractivity contribution in [1.82, 2.24) is 9.97 Å². The van der Waals surface area contributed by atoms with E-state index in [1.807, 2.05) is 54.7 Å². The third kappa shape index (κ3) is 3.39. The predicted octanol–water partition coefficient (Wildman–Crippen LogP) is 2.45. The number of hydrogen-bond donors (Lipinski definition) is 2. The second-order valence-electron chi connectivity index (χ2n) is 6.37. The number of fused-ring (bicyclic) bond motifs is 2. The highest BCUT2D eigenvalue weighted by Crippen LogP contribution is 2.20. The fourth-order valence-electron chi connectivity index (χ4n) is 3.23. The molecule has 142 valence electrons. The SMILES string of the molecule is COC(=O)[C@@H](Cc1c[nH]c2ccccc12)N=c1oc(CN)nc2ccccc12. The molecule has 0 amide bonds. The Bertz CT molecular complexity index is 1210. The number of aromatic nitrogens is 2. The Morgan fingerprint density at radius 1 is 1.21 bits per heavy atom. The van der Waals surface area contributed by atoms with Crippen LogP contribution in [0.1, 0.15) is 11.5 Å². The highest BCUT2D eigenvalue weighted by molar-refractivity contribution is 5.84. The minimum absolute atomic E-state index is 0.138. The van der Waals surface area contributed by atoms with Crippen molar-refractivity contribution in [3.63, 3.8) is 0 Å². The van der Waals surface area contributed by atoms with Gasteiger partial charge in [-0.2, -0.15) is 0 Å². The number of nitrogens with one attached hydrogen (secondary N) is 1. The molecule has 3 N–H and O–H groups in total. The van der Waals surface area contributed by atoms with Gasteiger partial charge in [0.2, 0.25) is 11.4 Å². The third-order valence-electron chi connectivity index (χ3n) is 4.60. The van der Waals surface area contributed by atoms with Gasteiger partial charge in [0.05, 0.1) is 24.6 Å². The highest BCUT2D eigenvalue weighted by atomic mass is 16.5. The summed E-state index contributed by atoms with van der Waals surface area (Å²) >= 11 is 0. The average Bonchev–Trinajstić information content (AvgIpc) is 3.15. The highest BCUT2D eigenvalue weighted by Gasteiger charge is 2.21. The number of carbonyl (C=O) groups is 1. The van der Waals surface area contributed by atoms with E-state index in [4.69, 9.17) is 14.9 Å². The topological polar surface area (TPSA) is 106 Å². The maximum Gasteiger partial charge on any atom is 0.331 e. The number of rotatable bonds is 5. The van der Waals surface area contributed by atoms with Gasteiger partial charge in [0, 0.05) is 23.5 Å². The maximum atomic E-state index is 12.5. The molecule has 0 aliphatic carbocycles. The number of methoxy groups -OCH3 is 1. The number of carbonyl (C=O) groups excluding carboxylic acids is 1. The number of hydrogen-bond acceptors (Lipinski definition) is 6. The first-order valence-electron chi connectivity index (χ1n) is 8.95.